The molecule has 0 saturated carbocycles. The van der Waals surface area contributed by atoms with Crippen LogP contribution in [-0.4, -0.2) is 19.1 Å². The van der Waals surface area contributed by atoms with Gasteiger partial charge in [0.1, 0.15) is 0 Å². The summed E-state index contributed by atoms with van der Waals surface area (Å²) in [6.07, 6.45) is 5.24. The third-order valence-electron chi connectivity index (χ3n) is 3.36. The largest absolute Gasteiger partial charge is 0.384 e. The summed E-state index contributed by atoms with van der Waals surface area (Å²) in [5.74, 6) is 0. The lowest BCUT2D eigenvalue weighted by atomic mass is 9.91. The molecule has 0 bridgehead atoms. The van der Waals surface area contributed by atoms with Crippen LogP contribution >= 0.6 is 0 Å². The van der Waals surface area contributed by atoms with Crippen molar-refractivity contribution in [2.24, 2.45) is 0 Å². The number of benzene rings is 1. The first-order chi connectivity index (χ1) is 8.25. The molecule has 0 aliphatic heterocycles. The maximum absolute atomic E-state index is 3.49. The van der Waals surface area contributed by atoms with Crippen LogP contribution in [0.15, 0.2) is 18.2 Å². The molecule has 17 heavy (non-hydrogen) atoms. The van der Waals surface area contributed by atoms with Gasteiger partial charge in [-0.2, -0.15) is 0 Å². The van der Waals surface area contributed by atoms with Crippen LogP contribution in [0.1, 0.15) is 37.8 Å². The summed E-state index contributed by atoms with van der Waals surface area (Å²) in [4.78, 5) is 0. The van der Waals surface area contributed by atoms with E-state index in [4.69, 9.17) is 0 Å². The second-order valence-corrected chi connectivity index (χ2v) is 5.23. The summed E-state index contributed by atoms with van der Waals surface area (Å²) in [7, 11) is 0. The van der Waals surface area contributed by atoms with E-state index in [1.165, 1.54) is 31.4 Å². The number of hydrogen-bond acceptors (Lipinski definition) is 2. The van der Waals surface area contributed by atoms with Crippen molar-refractivity contribution in [2.75, 3.05) is 18.4 Å². The van der Waals surface area contributed by atoms with Gasteiger partial charge in [-0.15, -0.1) is 0 Å². The normalized spacial score (nSPS) is 14.8. The van der Waals surface area contributed by atoms with Crippen LogP contribution in [0.3, 0.4) is 0 Å². The minimum absolute atomic E-state index is 0.570. The van der Waals surface area contributed by atoms with Gasteiger partial charge >= 0.3 is 0 Å². The van der Waals surface area contributed by atoms with Crippen molar-refractivity contribution in [2.45, 2.75) is 45.6 Å². The minimum Gasteiger partial charge on any atom is -0.384 e. The van der Waals surface area contributed by atoms with E-state index in [1.54, 1.807) is 11.1 Å². The van der Waals surface area contributed by atoms with Crippen molar-refractivity contribution < 1.29 is 0 Å². The van der Waals surface area contributed by atoms with Gasteiger partial charge in [0.05, 0.1) is 0 Å². The van der Waals surface area contributed by atoms with E-state index in [1.807, 2.05) is 0 Å². The third-order valence-corrected chi connectivity index (χ3v) is 3.36. The summed E-state index contributed by atoms with van der Waals surface area (Å²) in [5.41, 5.74) is 4.39. The fourth-order valence-electron chi connectivity index (χ4n) is 2.41. The molecule has 1 aliphatic rings. The highest BCUT2D eigenvalue weighted by Gasteiger charge is 2.08. The molecule has 1 aromatic carbocycles. The Kier molecular flexibility index (Phi) is 4.43. The van der Waals surface area contributed by atoms with Crippen LogP contribution in [0.25, 0.3) is 0 Å². The molecule has 2 N–H and O–H groups in total. The topological polar surface area (TPSA) is 24.1 Å². The Morgan fingerprint density at radius 3 is 2.59 bits per heavy atom. The Hall–Kier alpha value is -1.02. The molecule has 2 nitrogen and oxygen atoms in total. The van der Waals surface area contributed by atoms with Crippen molar-refractivity contribution in [3.05, 3.63) is 29.3 Å². The van der Waals surface area contributed by atoms with E-state index < -0.39 is 0 Å². The number of nitrogens with one attached hydrogen (secondary N) is 2. The zero-order valence-electron chi connectivity index (χ0n) is 11.1. The Bertz CT molecular complexity index is 358. The van der Waals surface area contributed by atoms with Gasteiger partial charge in [0.25, 0.3) is 0 Å². The highest BCUT2D eigenvalue weighted by Crippen LogP contribution is 2.23. The first-order valence-corrected chi connectivity index (χ1v) is 6.85. The maximum atomic E-state index is 3.49. The third kappa shape index (κ3) is 3.74. The van der Waals surface area contributed by atoms with Crippen LogP contribution in [-0.2, 0) is 12.8 Å². The number of rotatable bonds is 5. The fraction of sp³-hybridized carbons (Fsp3) is 0.600. The lowest BCUT2D eigenvalue weighted by molar-refractivity contribution is 0.602. The zero-order chi connectivity index (χ0) is 12.1. The fourth-order valence-corrected chi connectivity index (χ4v) is 2.41. The summed E-state index contributed by atoms with van der Waals surface area (Å²) in [6, 6.07) is 7.43. The highest BCUT2D eigenvalue weighted by atomic mass is 15.0. The SMILES string of the molecule is CC(C)NCCNc1ccc2c(c1)CCCC2. The summed E-state index contributed by atoms with van der Waals surface area (Å²) >= 11 is 0. The van der Waals surface area contributed by atoms with Crippen LogP contribution in [0.5, 0.6) is 0 Å². The van der Waals surface area contributed by atoms with Gasteiger partial charge in [-0.3, -0.25) is 0 Å². The molecule has 0 aromatic heterocycles. The molecule has 2 heteroatoms. The molecule has 0 fully saturated rings. The highest BCUT2D eigenvalue weighted by molar-refractivity contribution is 5.49. The summed E-state index contributed by atoms with van der Waals surface area (Å²) in [6.45, 7) is 6.38. The number of aryl methyl sites for hydroxylation is 2. The van der Waals surface area contributed by atoms with Gasteiger partial charge in [0.15, 0.2) is 0 Å². The van der Waals surface area contributed by atoms with Gasteiger partial charge in [-0.05, 0) is 48.9 Å². The average Bonchev–Trinajstić information content (AvgIpc) is 2.34. The van der Waals surface area contributed by atoms with Crippen molar-refractivity contribution in [1.82, 2.24) is 5.32 Å². The quantitative estimate of drug-likeness (QED) is 0.763. The second-order valence-electron chi connectivity index (χ2n) is 5.23. The molecular formula is C15H24N2. The summed E-state index contributed by atoms with van der Waals surface area (Å²) < 4.78 is 0. The molecule has 1 aliphatic carbocycles. The molecule has 1 aromatic rings. The van der Waals surface area contributed by atoms with Crippen molar-refractivity contribution in [1.29, 1.82) is 0 Å². The van der Waals surface area contributed by atoms with Gasteiger partial charge in [0, 0.05) is 24.8 Å². The Morgan fingerprint density at radius 1 is 1.06 bits per heavy atom. The van der Waals surface area contributed by atoms with E-state index >= 15 is 0 Å². The molecule has 0 amide bonds. The van der Waals surface area contributed by atoms with Crippen molar-refractivity contribution >= 4 is 5.69 Å². The van der Waals surface area contributed by atoms with Crippen LogP contribution < -0.4 is 10.6 Å². The maximum Gasteiger partial charge on any atom is 0.0343 e. The Morgan fingerprint density at radius 2 is 1.82 bits per heavy atom. The minimum atomic E-state index is 0.570. The van der Waals surface area contributed by atoms with E-state index in [-0.39, 0.29) is 0 Å². The Balaban J connectivity index is 1.85. The summed E-state index contributed by atoms with van der Waals surface area (Å²) in [5, 5.41) is 6.90. The molecule has 2 rings (SSSR count). The van der Waals surface area contributed by atoms with Gasteiger partial charge in [0.2, 0.25) is 0 Å². The first kappa shape index (κ1) is 12.4. The number of hydrogen-bond donors (Lipinski definition) is 2. The number of anilines is 1. The standard InChI is InChI=1S/C15H24N2/c1-12(2)16-9-10-17-15-8-7-13-5-3-4-6-14(13)11-15/h7-8,11-12,16-17H,3-6,9-10H2,1-2H3. The monoisotopic (exact) mass is 232 g/mol. The predicted octanol–water partition coefficient (Wildman–Crippen LogP) is 2.98. The van der Waals surface area contributed by atoms with E-state index in [0.29, 0.717) is 6.04 Å². The smallest absolute Gasteiger partial charge is 0.0343 e. The molecule has 0 radical (unpaired) electrons. The van der Waals surface area contributed by atoms with Gasteiger partial charge < -0.3 is 10.6 Å². The molecule has 0 spiro atoms. The van der Waals surface area contributed by atoms with E-state index in [9.17, 15) is 0 Å². The molecule has 0 heterocycles. The molecular weight excluding hydrogens is 208 g/mol. The lowest BCUT2D eigenvalue weighted by Gasteiger charge is -2.17. The molecule has 0 atom stereocenters. The molecule has 94 valence electrons. The zero-order valence-corrected chi connectivity index (χ0v) is 11.1. The molecule has 0 unspecified atom stereocenters. The van der Waals surface area contributed by atoms with Crippen LogP contribution in [0.2, 0.25) is 0 Å². The second kappa shape index (κ2) is 6.06. The van der Waals surface area contributed by atoms with Crippen LogP contribution in [0.4, 0.5) is 5.69 Å². The predicted molar refractivity (Wildman–Crippen MR) is 74.7 cm³/mol. The van der Waals surface area contributed by atoms with Crippen molar-refractivity contribution in [3.8, 4) is 0 Å². The van der Waals surface area contributed by atoms with E-state index in [0.717, 1.165) is 13.1 Å². The Labute approximate surface area is 105 Å². The van der Waals surface area contributed by atoms with Gasteiger partial charge in [-0.1, -0.05) is 19.9 Å². The number of fused-ring (bicyclic) bond motifs is 1. The van der Waals surface area contributed by atoms with E-state index in [2.05, 4.69) is 42.7 Å². The van der Waals surface area contributed by atoms with Crippen LogP contribution in [0, 0.1) is 0 Å². The lowest BCUT2D eigenvalue weighted by Crippen LogP contribution is -2.28. The van der Waals surface area contributed by atoms with Gasteiger partial charge in [-0.25, -0.2) is 0 Å². The first-order valence-electron chi connectivity index (χ1n) is 6.85. The molecule has 0 saturated heterocycles. The van der Waals surface area contributed by atoms with Crippen molar-refractivity contribution in [3.63, 3.8) is 0 Å². The average molecular weight is 232 g/mol.